The van der Waals surface area contributed by atoms with Crippen molar-refractivity contribution in [2.45, 2.75) is 6.61 Å². The molecule has 0 atom stereocenters. The monoisotopic (exact) mass is 283 g/mol. The lowest BCUT2D eigenvalue weighted by Crippen LogP contribution is -1.93. The minimum Gasteiger partial charge on any atom is -0.488 e. The number of halogens is 1. The minimum atomic E-state index is 0.585. The van der Waals surface area contributed by atoms with Gasteiger partial charge in [0.1, 0.15) is 12.4 Å². The van der Waals surface area contributed by atoms with Gasteiger partial charge in [0.05, 0.1) is 4.88 Å². The van der Waals surface area contributed by atoms with Crippen molar-refractivity contribution in [1.29, 1.82) is 0 Å². The molecule has 0 radical (unpaired) electrons. The van der Waals surface area contributed by atoms with Crippen molar-refractivity contribution in [3.05, 3.63) is 45.1 Å². The summed E-state index contributed by atoms with van der Waals surface area (Å²) in [5.74, 6) is 0.838. The second-order valence-corrected chi connectivity index (χ2v) is 4.90. The van der Waals surface area contributed by atoms with Crippen LogP contribution in [0.25, 0.3) is 0 Å². The Labute approximate surface area is 101 Å². The molecule has 0 saturated heterocycles. The SMILES string of the molecule is Nc1ccc(OCc2sccc2Br)cc1. The first-order valence-corrected chi connectivity index (χ1v) is 6.13. The molecule has 0 aliphatic heterocycles. The molecule has 2 N–H and O–H groups in total. The first-order valence-electron chi connectivity index (χ1n) is 4.46. The van der Waals surface area contributed by atoms with Gasteiger partial charge in [-0.1, -0.05) is 0 Å². The average Bonchev–Trinajstić information content (AvgIpc) is 2.63. The molecule has 15 heavy (non-hydrogen) atoms. The van der Waals surface area contributed by atoms with E-state index in [1.54, 1.807) is 11.3 Å². The highest BCUT2D eigenvalue weighted by atomic mass is 79.9. The van der Waals surface area contributed by atoms with Gasteiger partial charge in [-0.05, 0) is 51.6 Å². The molecule has 0 aliphatic rings. The van der Waals surface area contributed by atoms with E-state index in [0.29, 0.717) is 6.61 Å². The molecule has 78 valence electrons. The van der Waals surface area contributed by atoms with E-state index in [1.165, 1.54) is 4.88 Å². The number of hydrogen-bond acceptors (Lipinski definition) is 3. The maximum Gasteiger partial charge on any atom is 0.124 e. The van der Waals surface area contributed by atoms with Gasteiger partial charge in [-0.25, -0.2) is 0 Å². The molecule has 2 rings (SSSR count). The van der Waals surface area contributed by atoms with Crippen molar-refractivity contribution >= 4 is 33.0 Å². The fraction of sp³-hybridized carbons (Fsp3) is 0.0909. The Bertz CT molecular complexity index is 438. The molecular weight excluding hydrogens is 274 g/mol. The lowest BCUT2D eigenvalue weighted by atomic mass is 10.3. The van der Waals surface area contributed by atoms with Gasteiger partial charge < -0.3 is 10.5 Å². The maximum atomic E-state index is 5.61. The highest BCUT2D eigenvalue weighted by Crippen LogP contribution is 2.24. The van der Waals surface area contributed by atoms with Crippen molar-refractivity contribution < 1.29 is 4.74 Å². The van der Waals surface area contributed by atoms with Gasteiger partial charge in [0.15, 0.2) is 0 Å². The Hall–Kier alpha value is -1.00. The van der Waals surface area contributed by atoms with Gasteiger partial charge >= 0.3 is 0 Å². The van der Waals surface area contributed by atoms with Gasteiger partial charge in [-0.3, -0.25) is 0 Å². The molecule has 1 aromatic carbocycles. The van der Waals surface area contributed by atoms with Gasteiger partial charge in [-0.2, -0.15) is 0 Å². The summed E-state index contributed by atoms with van der Waals surface area (Å²) in [4.78, 5) is 1.19. The lowest BCUT2D eigenvalue weighted by molar-refractivity contribution is 0.309. The lowest BCUT2D eigenvalue weighted by Gasteiger charge is -2.05. The Morgan fingerprint density at radius 2 is 1.93 bits per heavy atom. The fourth-order valence-corrected chi connectivity index (χ4v) is 2.52. The number of rotatable bonds is 3. The largest absolute Gasteiger partial charge is 0.488 e. The molecule has 4 heteroatoms. The topological polar surface area (TPSA) is 35.2 Å². The van der Waals surface area contributed by atoms with E-state index >= 15 is 0 Å². The molecule has 2 nitrogen and oxygen atoms in total. The van der Waals surface area contributed by atoms with Crippen LogP contribution in [0.4, 0.5) is 5.69 Å². The number of hydrogen-bond donors (Lipinski definition) is 1. The summed E-state index contributed by atoms with van der Waals surface area (Å²) in [6, 6.07) is 9.43. The highest BCUT2D eigenvalue weighted by Gasteiger charge is 2.01. The van der Waals surface area contributed by atoms with Crippen LogP contribution in [0, 0.1) is 0 Å². The van der Waals surface area contributed by atoms with Crippen molar-refractivity contribution in [2.24, 2.45) is 0 Å². The van der Waals surface area contributed by atoms with Crippen LogP contribution in [0.1, 0.15) is 4.88 Å². The summed E-state index contributed by atoms with van der Waals surface area (Å²) in [6.45, 7) is 0.585. The zero-order valence-corrected chi connectivity index (χ0v) is 10.3. The third kappa shape index (κ3) is 2.73. The molecule has 0 unspecified atom stereocenters. The smallest absolute Gasteiger partial charge is 0.124 e. The van der Waals surface area contributed by atoms with E-state index in [1.807, 2.05) is 35.7 Å². The number of anilines is 1. The van der Waals surface area contributed by atoms with Gasteiger partial charge in [0, 0.05) is 10.2 Å². The summed E-state index contributed by atoms with van der Waals surface area (Å²) in [7, 11) is 0. The van der Waals surface area contributed by atoms with Crippen molar-refractivity contribution in [1.82, 2.24) is 0 Å². The molecule has 0 spiro atoms. The van der Waals surface area contributed by atoms with Crippen molar-refractivity contribution in [3.8, 4) is 5.75 Å². The summed E-state index contributed by atoms with van der Waals surface area (Å²) in [6.07, 6.45) is 0. The Kier molecular flexibility index (Phi) is 3.28. The Morgan fingerprint density at radius 3 is 2.53 bits per heavy atom. The molecule has 0 bridgehead atoms. The second-order valence-electron chi connectivity index (χ2n) is 3.05. The van der Waals surface area contributed by atoms with E-state index in [-0.39, 0.29) is 0 Å². The van der Waals surface area contributed by atoms with Crippen LogP contribution < -0.4 is 10.5 Å². The second kappa shape index (κ2) is 4.68. The maximum absolute atomic E-state index is 5.61. The predicted molar refractivity (Wildman–Crippen MR) is 67.2 cm³/mol. The van der Waals surface area contributed by atoms with Crippen LogP contribution >= 0.6 is 27.3 Å². The zero-order valence-electron chi connectivity index (χ0n) is 7.94. The molecule has 0 saturated carbocycles. The van der Waals surface area contributed by atoms with Gasteiger partial charge in [0.25, 0.3) is 0 Å². The first kappa shape index (κ1) is 10.5. The number of thiophene rings is 1. The van der Waals surface area contributed by atoms with E-state index in [2.05, 4.69) is 15.9 Å². The molecular formula is C11H10BrNOS. The number of ether oxygens (including phenoxy) is 1. The van der Waals surface area contributed by atoms with Crippen LogP contribution in [0.15, 0.2) is 40.2 Å². The quantitative estimate of drug-likeness (QED) is 0.873. The van der Waals surface area contributed by atoms with E-state index in [4.69, 9.17) is 10.5 Å². The third-order valence-corrected chi connectivity index (χ3v) is 3.84. The summed E-state index contributed by atoms with van der Waals surface area (Å²) >= 11 is 5.14. The highest BCUT2D eigenvalue weighted by molar-refractivity contribution is 9.10. The number of benzene rings is 1. The average molecular weight is 284 g/mol. The molecule has 0 aliphatic carbocycles. The van der Waals surface area contributed by atoms with Crippen molar-refractivity contribution in [3.63, 3.8) is 0 Å². The predicted octanol–water partition coefficient (Wildman–Crippen LogP) is 3.67. The van der Waals surface area contributed by atoms with E-state index in [9.17, 15) is 0 Å². The zero-order chi connectivity index (χ0) is 10.7. The van der Waals surface area contributed by atoms with Gasteiger partial charge in [0.2, 0.25) is 0 Å². The normalized spacial score (nSPS) is 10.2. The van der Waals surface area contributed by atoms with Crippen LogP contribution in [0.5, 0.6) is 5.75 Å². The summed E-state index contributed by atoms with van der Waals surface area (Å²) < 4.78 is 6.71. The molecule has 2 aromatic rings. The summed E-state index contributed by atoms with van der Waals surface area (Å²) in [5, 5.41) is 2.03. The molecule has 0 amide bonds. The Morgan fingerprint density at radius 1 is 1.20 bits per heavy atom. The Balaban J connectivity index is 1.99. The van der Waals surface area contributed by atoms with Crippen LogP contribution in [0.3, 0.4) is 0 Å². The summed E-state index contributed by atoms with van der Waals surface area (Å²) in [5.41, 5.74) is 6.33. The minimum absolute atomic E-state index is 0.585. The van der Waals surface area contributed by atoms with Gasteiger partial charge in [-0.15, -0.1) is 11.3 Å². The standard InChI is InChI=1S/C11H10BrNOS/c12-10-5-6-15-11(10)7-14-9-3-1-8(13)2-4-9/h1-6H,7,13H2. The van der Waals surface area contributed by atoms with Crippen LogP contribution in [0.2, 0.25) is 0 Å². The van der Waals surface area contributed by atoms with Crippen molar-refractivity contribution in [2.75, 3.05) is 5.73 Å². The molecule has 1 aromatic heterocycles. The fourth-order valence-electron chi connectivity index (χ4n) is 1.14. The van der Waals surface area contributed by atoms with Crippen LogP contribution in [-0.4, -0.2) is 0 Å². The molecule has 0 fully saturated rings. The third-order valence-electron chi connectivity index (χ3n) is 1.94. The molecule has 1 heterocycles. The van der Waals surface area contributed by atoms with E-state index < -0.39 is 0 Å². The van der Waals surface area contributed by atoms with E-state index in [0.717, 1.165) is 15.9 Å². The van der Waals surface area contributed by atoms with Crippen LogP contribution in [-0.2, 0) is 6.61 Å². The first-order chi connectivity index (χ1) is 7.25. The number of nitrogen functional groups attached to an aromatic ring is 1. The number of nitrogens with two attached hydrogens (primary N) is 1.